The van der Waals surface area contributed by atoms with Crippen LogP contribution in [0.5, 0.6) is 0 Å². The van der Waals surface area contributed by atoms with Crippen LogP contribution in [0.4, 0.5) is 13.2 Å². The van der Waals surface area contributed by atoms with Crippen molar-refractivity contribution in [3.8, 4) is 0 Å². The number of carbonyl (C=O) groups is 2. The second kappa shape index (κ2) is 11.8. The molecule has 2 N–H and O–H groups in total. The summed E-state index contributed by atoms with van der Waals surface area (Å²) in [6.45, 7) is 2.35. The minimum absolute atomic E-state index is 0.0414. The maximum Gasteiger partial charge on any atom is 0.237 e. The normalized spacial score (nSPS) is 21.5. The van der Waals surface area contributed by atoms with Gasteiger partial charge >= 0.3 is 0 Å². The molecule has 2 heterocycles. The summed E-state index contributed by atoms with van der Waals surface area (Å²) in [5, 5.41) is 0. The molecule has 35 heavy (non-hydrogen) atoms. The number of ether oxygens (including phenoxy) is 1. The number of sulfonamides is 1. The summed E-state index contributed by atoms with van der Waals surface area (Å²) in [6.07, 6.45) is 0.705. The Morgan fingerprint density at radius 2 is 1.71 bits per heavy atom. The second-order valence-electron chi connectivity index (χ2n) is 8.93. The van der Waals surface area contributed by atoms with Crippen LogP contribution in [0, 0.1) is 17.5 Å². The van der Waals surface area contributed by atoms with Gasteiger partial charge in [-0.2, -0.15) is 0 Å². The fourth-order valence-electron chi connectivity index (χ4n) is 4.38. The molecule has 0 aromatic heterocycles. The van der Waals surface area contributed by atoms with Crippen molar-refractivity contribution >= 4 is 21.7 Å². The zero-order valence-electron chi connectivity index (χ0n) is 19.6. The van der Waals surface area contributed by atoms with Gasteiger partial charge in [0.15, 0.2) is 17.4 Å². The van der Waals surface area contributed by atoms with Gasteiger partial charge in [0, 0.05) is 51.3 Å². The Labute approximate surface area is 203 Å². The first kappa shape index (κ1) is 27.5. The van der Waals surface area contributed by atoms with Crippen LogP contribution in [0.25, 0.3) is 0 Å². The van der Waals surface area contributed by atoms with Gasteiger partial charge in [-0.05, 0) is 24.5 Å². The fourth-order valence-corrected chi connectivity index (χ4v) is 5.23. The average molecular weight is 521 g/mol. The number of nitrogens with two attached hydrogens (primary N) is 1. The number of hydrogen-bond donors (Lipinski definition) is 1. The zero-order chi connectivity index (χ0) is 25.8. The molecule has 9 nitrogen and oxygen atoms in total. The number of hydrogen-bond acceptors (Lipinski definition) is 7. The summed E-state index contributed by atoms with van der Waals surface area (Å²) in [5.74, 6) is -4.21. The number of benzene rings is 1. The third kappa shape index (κ3) is 7.46. The van der Waals surface area contributed by atoms with E-state index in [0.717, 1.165) is 6.26 Å². The minimum atomic E-state index is -3.53. The van der Waals surface area contributed by atoms with Crippen LogP contribution in [-0.2, 0) is 30.8 Å². The van der Waals surface area contributed by atoms with Crippen LogP contribution in [0.1, 0.15) is 18.4 Å². The highest BCUT2D eigenvalue weighted by molar-refractivity contribution is 7.88. The van der Waals surface area contributed by atoms with E-state index in [-0.39, 0.29) is 56.9 Å². The Morgan fingerprint density at radius 1 is 1.06 bits per heavy atom. The van der Waals surface area contributed by atoms with Crippen molar-refractivity contribution in [3.63, 3.8) is 0 Å². The van der Waals surface area contributed by atoms with E-state index in [0.29, 0.717) is 38.4 Å². The first-order valence-electron chi connectivity index (χ1n) is 11.4. The van der Waals surface area contributed by atoms with Gasteiger partial charge in [0.2, 0.25) is 15.9 Å². The minimum Gasteiger partial charge on any atom is -0.379 e. The summed E-state index contributed by atoms with van der Waals surface area (Å²) in [7, 11) is -3.53. The summed E-state index contributed by atoms with van der Waals surface area (Å²) in [6, 6.07) is -0.678. The topological polar surface area (TPSA) is 113 Å². The van der Waals surface area contributed by atoms with Crippen molar-refractivity contribution in [3.05, 3.63) is 35.1 Å². The summed E-state index contributed by atoms with van der Waals surface area (Å²) >= 11 is 0. The molecule has 0 radical (unpaired) electrons. The molecule has 13 heteroatoms. The number of Topliss-reactive ketones (excluding diaryl/α,β-unsaturated/α-hetero) is 1. The Bertz CT molecular complexity index is 1040. The quantitative estimate of drug-likeness (QED) is 0.485. The fraction of sp³-hybridized carbons (Fsp3) is 0.636. The standard InChI is InChI=1S/C22H31F3N4O5S/c1-35(32,33)28-3-2-20(29(5-4-28)22(31)14-27-6-8-34-9-7-27)21(30)12-16(26)10-15-11-18(24)19(25)13-17(15)23/h11,13,16,20H,2-10,12,14,26H2,1H3/t16-,20?/m1/s1. The molecule has 2 atom stereocenters. The monoisotopic (exact) mass is 520 g/mol. The molecule has 1 unspecified atom stereocenters. The van der Waals surface area contributed by atoms with Crippen molar-refractivity contribution in [2.24, 2.45) is 5.73 Å². The molecule has 1 aromatic carbocycles. The summed E-state index contributed by atoms with van der Waals surface area (Å²) < 4.78 is 71.4. The molecule has 0 aliphatic carbocycles. The van der Waals surface area contributed by atoms with Crippen molar-refractivity contribution in [1.29, 1.82) is 0 Å². The van der Waals surface area contributed by atoms with Gasteiger partial charge in [-0.25, -0.2) is 25.9 Å². The van der Waals surface area contributed by atoms with Crippen LogP contribution in [0.15, 0.2) is 12.1 Å². The largest absolute Gasteiger partial charge is 0.379 e. The predicted octanol–water partition coefficient (Wildman–Crippen LogP) is 0.128. The smallest absolute Gasteiger partial charge is 0.237 e. The lowest BCUT2D eigenvalue weighted by Crippen LogP contribution is -2.51. The Balaban J connectivity index is 1.72. The number of amides is 1. The molecule has 0 saturated carbocycles. The number of halogens is 3. The SMILES string of the molecule is CS(=O)(=O)N1CCC(C(=O)C[C@H](N)Cc2cc(F)c(F)cc2F)N(C(=O)CN2CCOCC2)CC1. The highest BCUT2D eigenvalue weighted by atomic mass is 32.2. The Kier molecular flexibility index (Phi) is 9.27. The van der Waals surface area contributed by atoms with Crippen molar-refractivity contribution < 1.29 is 35.9 Å². The molecule has 1 aromatic rings. The van der Waals surface area contributed by atoms with Gasteiger partial charge < -0.3 is 15.4 Å². The molecule has 0 spiro atoms. The van der Waals surface area contributed by atoms with Crippen molar-refractivity contribution in [2.45, 2.75) is 31.3 Å². The lowest BCUT2D eigenvalue weighted by molar-refractivity contribution is -0.141. The lowest BCUT2D eigenvalue weighted by Gasteiger charge is -2.33. The molecule has 1 amide bonds. The lowest BCUT2D eigenvalue weighted by atomic mass is 9.96. The van der Waals surface area contributed by atoms with E-state index in [9.17, 15) is 31.2 Å². The third-order valence-corrected chi connectivity index (χ3v) is 7.58. The van der Waals surface area contributed by atoms with E-state index in [1.807, 2.05) is 4.90 Å². The average Bonchev–Trinajstić information content (AvgIpc) is 3.01. The van der Waals surface area contributed by atoms with Gasteiger partial charge in [-0.15, -0.1) is 0 Å². The van der Waals surface area contributed by atoms with E-state index in [1.54, 1.807) is 0 Å². The third-order valence-electron chi connectivity index (χ3n) is 6.28. The molecule has 3 rings (SSSR count). The van der Waals surface area contributed by atoms with E-state index in [4.69, 9.17) is 10.5 Å². The van der Waals surface area contributed by atoms with Crippen LogP contribution in [0.3, 0.4) is 0 Å². The molecule has 2 aliphatic heterocycles. The van der Waals surface area contributed by atoms with E-state index in [1.165, 1.54) is 9.21 Å². The van der Waals surface area contributed by atoms with Gasteiger partial charge in [-0.3, -0.25) is 14.5 Å². The van der Waals surface area contributed by atoms with Gasteiger partial charge in [0.25, 0.3) is 0 Å². The number of ketones is 1. The van der Waals surface area contributed by atoms with E-state index in [2.05, 4.69) is 0 Å². The second-order valence-corrected chi connectivity index (χ2v) is 10.9. The van der Waals surface area contributed by atoms with E-state index < -0.39 is 45.3 Å². The van der Waals surface area contributed by atoms with Crippen molar-refractivity contribution in [2.75, 3.05) is 58.7 Å². The molecule has 0 bridgehead atoms. The van der Waals surface area contributed by atoms with Gasteiger partial charge in [0.1, 0.15) is 5.82 Å². The zero-order valence-corrected chi connectivity index (χ0v) is 20.4. The first-order valence-corrected chi connectivity index (χ1v) is 13.3. The van der Waals surface area contributed by atoms with Gasteiger partial charge in [-0.1, -0.05) is 0 Å². The molecular weight excluding hydrogens is 489 g/mol. The molecule has 2 fully saturated rings. The molecule has 2 saturated heterocycles. The Morgan fingerprint density at radius 3 is 2.37 bits per heavy atom. The molecule has 2 aliphatic rings. The Hall–Kier alpha value is -2.06. The van der Waals surface area contributed by atoms with Gasteiger partial charge in [0.05, 0.1) is 32.1 Å². The van der Waals surface area contributed by atoms with Crippen LogP contribution < -0.4 is 5.73 Å². The maximum atomic E-state index is 14.0. The van der Waals surface area contributed by atoms with E-state index >= 15 is 0 Å². The summed E-state index contributed by atoms with van der Waals surface area (Å²) in [5.41, 5.74) is 5.88. The highest BCUT2D eigenvalue weighted by Gasteiger charge is 2.35. The van der Waals surface area contributed by atoms with Crippen molar-refractivity contribution in [1.82, 2.24) is 14.1 Å². The predicted molar refractivity (Wildman–Crippen MR) is 121 cm³/mol. The number of nitrogens with zero attached hydrogens (tertiary/aromatic N) is 3. The number of carbonyl (C=O) groups excluding carboxylic acids is 2. The molecule has 196 valence electrons. The maximum absolute atomic E-state index is 14.0. The number of morpholine rings is 1. The van der Waals surface area contributed by atoms with Crippen LogP contribution in [0.2, 0.25) is 0 Å². The van der Waals surface area contributed by atoms with Crippen LogP contribution in [-0.4, -0.2) is 105 Å². The first-order chi connectivity index (χ1) is 16.5. The number of rotatable bonds is 8. The highest BCUT2D eigenvalue weighted by Crippen LogP contribution is 2.20. The molecular formula is C22H31F3N4O5S. The summed E-state index contributed by atoms with van der Waals surface area (Å²) in [4.78, 5) is 29.7. The van der Waals surface area contributed by atoms with Crippen LogP contribution >= 0.6 is 0 Å².